The van der Waals surface area contributed by atoms with Crippen molar-refractivity contribution in [3.8, 4) is 5.75 Å². The second-order valence-corrected chi connectivity index (χ2v) is 13.2. The molecule has 2 aliphatic rings. The van der Waals surface area contributed by atoms with Gasteiger partial charge in [0, 0.05) is 61.0 Å². The zero-order valence-corrected chi connectivity index (χ0v) is 27.4. The lowest BCUT2D eigenvalue weighted by molar-refractivity contribution is -0.144. The molecule has 2 aromatic carbocycles. The molecule has 1 atom stereocenters. The van der Waals surface area contributed by atoms with Crippen LogP contribution in [-0.2, 0) is 19.1 Å². The van der Waals surface area contributed by atoms with Crippen LogP contribution in [-0.4, -0.2) is 80.8 Å². The Balaban J connectivity index is 1.64. The summed E-state index contributed by atoms with van der Waals surface area (Å²) >= 11 is 6.55. The van der Waals surface area contributed by atoms with Crippen LogP contribution in [0.5, 0.6) is 5.75 Å². The molecule has 0 radical (unpaired) electrons. The standard InChI is InChI=1S/C34H46ClN3O6/c1-6-43-31(40)20-24-14-17-36(18-15-24)33(41)37-16-9-19-44-32(26-10-7-8-11-29(26)42-5)27-21-25(35)12-13-28(27)38(30(39)22-37)23-34(2,3)4/h7-8,10-13,21,24,32H,6,9,14-20,22-23H2,1-5H3. The SMILES string of the molecule is CCOC(=O)CC1CCN(C(=O)N2CCCOC(c3ccccc3OC)c3cc(Cl)ccc3N(CC(C)(C)C)C(=O)C2)CC1. The lowest BCUT2D eigenvalue weighted by atomic mass is 9.93. The Bertz CT molecular complexity index is 1300. The van der Waals surface area contributed by atoms with E-state index in [2.05, 4.69) is 20.8 Å². The van der Waals surface area contributed by atoms with E-state index >= 15 is 0 Å². The van der Waals surface area contributed by atoms with Gasteiger partial charge in [-0.1, -0.05) is 50.6 Å². The number of nitrogens with zero attached hydrogens (tertiary/aromatic N) is 3. The van der Waals surface area contributed by atoms with Gasteiger partial charge in [0.05, 0.1) is 13.7 Å². The van der Waals surface area contributed by atoms with Crippen LogP contribution in [0, 0.1) is 11.3 Å². The van der Waals surface area contributed by atoms with E-state index in [1.807, 2.05) is 36.4 Å². The summed E-state index contributed by atoms with van der Waals surface area (Å²) in [6.07, 6.45) is 1.81. The van der Waals surface area contributed by atoms with Gasteiger partial charge < -0.3 is 28.9 Å². The number of urea groups is 1. The van der Waals surface area contributed by atoms with Crippen LogP contribution in [0.2, 0.25) is 5.02 Å². The van der Waals surface area contributed by atoms with E-state index < -0.39 is 6.10 Å². The number of fused-ring (bicyclic) bond motifs is 1. The first kappa shape index (κ1) is 33.6. The number of anilines is 1. The molecule has 2 aromatic rings. The summed E-state index contributed by atoms with van der Waals surface area (Å²) in [6.45, 7) is 10.6. The average molecular weight is 628 g/mol. The predicted molar refractivity (Wildman–Crippen MR) is 171 cm³/mol. The number of carbonyl (C=O) groups excluding carboxylic acids is 3. The van der Waals surface area contributed by atoms with E-state index in [1.165, 1.54) is 0 Å². The van der Waals surface area contributed by atoms with E-state index in [4.69, 9.17) is 25.8 Å². The van der Waals surface area contributed by atoms with Crippen molar-refractivity contribution in [1.29, 1.82) is 0 Å². The molecule has 2 aliphatic heterocycles. The average Bonchev–Trinajstić information content (AvgIpc) is 3.01. The number of amides is 3. The van der Waals surface area contributed by atoms with Crippen molar-refractivity contribution in [3.05, 3.63) is 58.6 Å². The molecule has 1 fully saturated rings. The van der Waals surface area contributed by atoms with Gasteiger partial charge in [-0.15, -0.1) is 0 Å². The van der Waals surface area contributed by atoms with Crippen molar-refractivity contribution >= 4 is 35.2 Å². The second-order valence-electron chi connectivity index (χ2n) is 12.7. The smallest absolute Gasteiger partial charge is 0.320 e. The number of likely N-dealkylation sites (tertiary alicyclic amines) is 1. The summed E-state index contributed by atoms with van der Waals surface area (Å²) in [5.41, 5.74) is 2.06. The summed E-state index contributed by atoms with van der Waals surface area (Å²) in [4.78, 5) is 45.3. The Morgan fingerprint density at radius 2 is 1.75 bits per heavy atom. The van der Waals surface area contributed by atoms with Crippen molar-refractivity contribution in [1.82, 2.24) is 9.80 Å². The number of hydrogen-bond donors (Lipinski definition) is 0. The molecule has 0 spiro atoms. The van der Waals surface area contributed by atoms with E-state index in [0.717, 1.165) is 24.0 Å². The quantitative estimate of drug-likeness (QED) is 0.348. The van der Waals surface area contributed by atoms with E-state index in [1.54, 1.807) is 34.8 Å². The fourth-order valence-electron chi connectivity index (χ4n) is 5.92. The van der Waals surface area contributed by atoms with Gasteiger partial charge in [0.25, 0.3) is 0 Å². The molecule has 240 valence electrons. The molecule has 4 rings (SSSR count). The Labute approximate surface area is 266 Å². The molecular weight excluding hydrogens is 582 g/mol. The Kier molecular flexibility index (Phi) is 11.5. The van der Waals surface area contributed by atoms with Gasteiger partial charge >= 0.3 is 12.0 Å². The number of piperidine rings is 1. The summed E-state index contributed by atoms with van der Waals surface area (Å²) in [7, 11) is 1.63. The molecule has 0 aromatic heterocycles. The highest BCUT2D eigenvalue weighted by Crippen LogP contribution is 2.40. The van der Waals surface area contributed by atoms with Gasteiger partial charge in [0.2, 0.25) is 5.91 Å². The van der Waals surface area contributed by atoms with Crippen LogP contribution in [0.1, 0.15) is 70.6 Å². The minimum absolute atomic E-state index is 0.0565. The summed E-state index contributed by atoms with van der Waals surface area (Å²) in [5.74, 6) is 0.500. The van der Waals surface area contributed by atoms with Crippen LogP contribution in [0.3, 0.4) is 0 Å². The Morgan fingerprint density at radius 1 is 1.02 bits per heavy atom. The zero-order chi connectivity index (χ0) is 31.9. The monoisotopic (exact) mass is 627 g/mol. The number of esters is 1. The maximum absolute atomic E-state index is 14.2. The highest BCUT2D eigenvalue weighted by Gasteiger charge is 2.34. The minimum Gasteiger partial charge on any atom is -0.496 e. The Morgan fingerprint density at radius 3 is 2.43 bits per heavy atom. The van der Waals surface area contributed by atoms with Crippen molar-refractivity contribution in [2.75, 3.05) is 57.9 Å². The highest BCUT2D eigenvalue weighted by molar-refractivity contribution is 6.30. The van der Waals surface area contributed by atoms with Crippen LogP contribution >= 0.6 is 11.6 Å². The lowest BCUT2D eigenvalue weighted by Gasteiger charge is -2.37. The van der Waals surface area contributed by atoms with Crippen LogP contribution in [0.25, 0.3) is 0 Å². The number of rotatable bonds is 6. The molecule has 44 heavy (non-hydrogen) atoms. The predicted octanol–water partition coefficient (Wildman–Crippen LogP) is 6.32. The zero-order valence-electron chi connectivity index (χ0n) is 26.6. The molecule has 3 amide bonds. The number of para-hydroxylation sites is 1. The molecule has 10 heteroatoms. The first-order valence-corrected chi connectivity index (χ1v) is 15.9. The number of hydrogen-bond acceptors (Lipinski definition) is 6. The fraction of sp³-hybridized carbons (Fsp3) is 0.559. The van der Waals surface area contributed by atoms with Gasteiger partial charge in [0.1, 0.15) is 18.4 Å². The highest BCUT2D eigenvalue weighted by atomic mass is 35.5. The van der Waals surface area contributed by atoms with Crippen molar-refractivity contribution in [2.24, 2.45) is 11.3 Å². The first-order chi connectivity index (χ1) is 21.0. The largest absolute Gasteiger partial charge is 0.496 e. The van der Waals surface area contributed by atoms with Crippen molar-refractivity contribution < 1.29 is 28.6 Å². The van der Waals surface area contributed by atoms with Gasteiger partial charge in [-0.25, -0.2) is 4.79 Å². The molecule has 0 saturated carbocycles. The number of carbonyl (C=O) groups is 3. The van der Waals surface area contributed by atoms with E-state index in [9.17, 15) is 14.4 Å². The fourth-order valence-corrected chi connectivity index (χ4v) is 6.11. The number of benzene rings is 2. The van der Waals surface area contributed by atoms with E-state index in [-0.39, 0.29) is 35.8 Å². The molecule has 1 unspecified atom stereocenters. The normalized spacial score (nSPS) is 18.8. The van der Waals surface area contributed by atoms with Gasteiger partial charge in [-0.2, -0.15) is 0 Å². The van der Waals surface area contributed by atoms with Gasteiger partial charge in [-0.05, 0) is 61.8 Å². The van der Waals surface area contributed by atoms with Crippen LogP contribution in [0.4, 0.5) is 10.5 Å². The Hall–Kier alpha value is -3.30. The molecule has 1 saturated heterocycles. The third-order valence-electron chi connectivity index (χ3n) is 8.02. The first-order valence-electron chi connectivity index (χ1n) is 15.5. The van der Waals surface area contributed by atoms with Crippen LogP contribution < -0.4 is 9.64 Å². The van der Waals surface area contributed by atoms with Gasteiger partial charge in [-0.3, -0.25) is 9.59 Å². The van der Waals surface area contributed by atoms with E-state index in [0.29, 0.717) is 68.7 Å². The maximum Gasteiger partial charge on any atom is 0.320 e. The summed E-state index contributed by atoms with van der Waals surface area (Å²) in [6, 6.07) is 13.0. The molecular formula is C34H46ClN3O6. The van der Waals surface area contributed by atoms with Crippen molar-refractivity contribution in [2.45, 2.75) is 59.5 Å². The van der Waals surface area contributed by atoms with Gasteiger partial charge in [0.15, 0.2) is 0 Å². The minimum atomic E-state index is -0.546. The molecule has 0 bridgehead atoms. The maximum atomic E-state index is 14.2. The molecule has 0 N–H and O–H groups in total. The molecule has 9 nitrogen and oxygen atoms in total. The van der Waals surface area contributed by atoms with Crippen molar-refractivity contribution in [3.63, 3.8) is 0 Å². The number of methoxy groups -OCH3 is 1. The summed E-state index contributed by atoms with van der Waals surface area (Å²) < 4.78 is 17.4. The summed E-state index contributed by atoms with van der Waals surface area (Å²) in [5, 5.41) is 0.536. The third-order valence-corrected chi connectivity index (χ3v) is 8.25. The number of ether oxygens (including phenoxy) is 3. The topological polar surface area (TPSA) is 88.6 Å². The van der Waals surface area contributed by atoms with Crippen LogP contribution in [0.15, 0.2) is 42.5 Å². The molecule has 0 aliphatic carbocycles. The molecule has 2 heterocycles. The number of halogens is 1. The lowest BCUT2D eigenvalue weighted by Crippen LogP contribution is -2.51. The second kappa shape index (κ2) is 15.1. The third kappa shape index (κ3) is 8.66.